The van der Waals surface area contributed by atoms with Crippen molar-refractivity contribution in [3.8, 4) is 0 Å². The highest BCUT2D eigenvalue weighted by atomic mass is 80.0. The van der Waals surface area contributed by atoms with E-state index in [-0.39, 0.29) is 10.6 Å². The number of alkyl halides is 1. The lowest BCUT2D eigenvalue weighted by Crippen LogP contribution is -2.12. The molecule has 2 saturated carbocycles. The lowest BCUT2D eigenvalue weighted by molar-refractivity contribution is 0.275. The molecule has 0 amide bonds. The van der Waals surface area contributed by atoms with Gasteiger partial charge in [0, 0.05) is 42.6 Å². The van der Waals surface area contributed by atoms with Gasteiger partial charge in [-0.1, -0.05) is 28.8 Å². The maximum Gasteiger partial charge on any atom is 0.103 e. The Morgan fingerprint density at radius 2 is 1.32 bits per heavy atom. The fraction of sp³-hybridized carbons (Fsp3) is 0.667. The maximum atomic E-state index is 8.87. The number of aliphatic hydroxyl groups is 1. The van der Waals surface area contributed by atoms with Gasteiger partial charge in [-0.3, -0.25) is 9.36 Å². The highest BCUT2D eigenvalue weighted by Crippen LogP contribution is 2.59. The van der Waals surface area contributed by atoms with Crippen molar-refractivity contribution in [1.29, 1.82) is 0 Å². The van der Waals surface area contributed by atoms with Gasteiger partial charge in [0.2, 0.25) is 0 Å². The molecule has 0 aromatic carbocycles. The number of rotatable bonds is 4. The van der Waals surface area contributed by atoms with Gasteiger partial charge in [0.15, 0.2) is 0 Å². The van der Waals surface area contributed by atoms with E-state index in [1.807, 2.05) is 29.5 Å². The SMILES string of the molecule is BrP(Br)Br.Cn1nc(CBr)cc1C1CCC1.Cn1nc(CO)cc1C1CCC1. The van der Waals surface area contributed by atoms with Crippen molar-refractivity contribution in [3.63, 3.8) is 0 Å². The van der Waals surface area contributed by atoms with E-state index in [4.69, 9.17) is 5.11 Å². The quantitative estimate of drug-likeness (QED) is 0.279. The largest absolute Gasteiger partial charge is 0.390 e. The molecular weight excluding hydrogens is 639 g/mol. The molecule has 2 aliphatic carbocycles. The van der Waals surface area contributed by atoms with Gasteiger partial charge in [0.25, 0.3) is 0 Å². The number of aliphatic hydroxyl groups excluding tert-OH is 1. The first-order valence-electron chi connectivity index (χ1n) is 9.35. The van der Waals surface area contributed by atoms with Crippen molar-refractivity contribution in [3.05, 3.63) is 34.9 Å². The molecule has 0 unspecified atom stereocenters. The molecule has 4 rings (SSSR count). The van der Waals surface area contributed by atoms with Crippen LogP contribution in [0.15, 0.2) is 12.1 Å². The summed E-state index contributed by atoms with van der Waals surface area (Å²) in [7, 11) is 3.99. The van der Waals surface area contributed by atoms with Crippen LogP contribution in [0, 0.1) is 0 Å². The summed E-state index contributed by atoms with van der Waals surface area (Å²) < 4.78 is 3.74. The second-order valence-corrected chi connectivity index (χ2v) is 23.0. The predicted octanol–water partition coefficient (Wildman–Crippen LogP) is 7.16. The van der Waals surface area contributed by atoms with Crippen molar-refractivity contribution in [2.75, 3.05) is 0 Å². The van der Waals surface area contributed by atoms with Gasteiger partial charge in [0.1, 0.15) is 4.03 Å². The summed E-state index contributed by atoms with van der Waals surface area (Å²) in [5.74, 6) is 1.48. The van der Waals surface area contributed by atoms with Gasteiger partial charge < -0.3 is 5.11 Å². The van der Waals surface area contributed by atoms with Gasteiger partial charge >= 0.3 is 0 Å². The molecule has 0 bridgehead atoms. The van der Waals surface area contributed by atoms with Gasteiger partial charge in [-0.05, 0) is 84.3 Å². The Hall–Kier alpha value is 0.730. The second kappa shape index (κ2) is 12.6. The third-order valence-electron chi connectivity index (χ3n) is 5.28. The fourth-order valence-electron chi connectivity index (χ4n) is 3.40. The zero-order chi connectivity index (χ0) is 20.7. The van der Waals surface area contributed by atoms with Crippen LogP contribution in [0.25, 0.3) is 0 Å². The molecule has 0 spiro atoms. The lowest BCUT2D eigenvalue weighted by atomic mass is 9.83. The summed E-state index contributed by atoms with van der Waals surface area (Å²) in [4.78, 5) is 0. The summed E-state index contributed by atoms with van der Waals surface area (Å²) in [6, 6.07) is 4.24. The highest BCUT2D eigenvalue weighted by Gasteiger charge is 2.23. The summed E-state index contributed by atoms with van der Waals surface area (Å²) in [5, 5.41) is 18.3. The molecule has 2 aromatic heterocycles. The van der Waals surface area contributed by atoms with E-state index in [1.165, 1.54) is 49.9 Å². The van der Waals surface area contributed by atoms with Crippen LogP contribution in [0.1, 0.15) is 73.1 Å². The molecule has 2 aliphatic rings. The summed E-state index contributed by atoms with van der Waals surface area (Å²) >= 11 is 12.9. The van der Waals surface area contributed by atoms with E-state index in [1.54, 1.807) is 0 Å². The van der Waals surface area contributed by atoms with E-state index in [0.717, 1.165) is 22.6 Å². The van der Waals surface area contributed by atoms with Gasteiger partial charge in [-0.25, -0.2) is 0 Å². The predicted molar refractivity (Wildman–Crippen MR) is 132 cm³/mol. The molecule has 0 aliphatic heterocycles. The average molecular weight is 666 g/mol. The average Bonchev–Trinajstić information content (AvgIpc) is 3.08. The van der Waals surface area contributed by atoms with Crippen LogP contribution < -0.4 is 0 Å². The minimum absolute atomic E-state index is 0.0561. The van der Waals surface area contributed by atoms with Crippen LogP contribution in [0.2, 0.25) is 0 Å². The van der Waals surface area contributed by atoms with Crippen molar-refractivity contribution in [2.45, 2.75) is 62.3 Å². The van der Waals surface area contributed by atoms with Crippen LogP contribution in [0.5, 0.6) is 0 Å². The van der Waals surface area contributed by atoms with Crippen LogP contribution in [0.4, 0.5) is 0 Å². The zero-order valence-corrected chi connectivity index (χ0v) is 23.4. The third kappa shape index (κ3) is 7.45. The molecule has 0 atom stereocenters. The van der Waals surface area contributed by atoms with Crippen molar-refractivity contribution in [1.82, 2.24) is 19.6 Å². The molecule has 0 radical (unpaired) electrons. The summed E-state index contributed by atoms with van der Waals surface area (Å²) in [5.41, 5.74) is 4.64. The monoisotopic (exact) mass is 662 g/mol. The van der Waals surface area contributed by atoms with Crippen LogP contribution in [-0.4, -0.2) is 24.7 Å². The molecule has 0 saturated heterocycles. The van der Waals surface area contributed by atoms with Gasteiger partial charge in [-0.15, -0.1) is 0 Å². The lowest BCUT2D eigenvalue weighted by Gasteiger charge is -2.25. The summed E-state index contributed by atoms with van der Waals surface area (Å²) in [6.45, 7) is 0.0561. The first-order chi connectivity index (χ1) is 13.3. The Balaban J connectivity index is 0.000000169. The molecule has 2 fully saturated rings. The van der Waals surface area contributed by atoms with E-state index >= 15 is 0 Å². The molecule has 1 N–H and O–H groups in total. The fourth-order valence-corrected chi connectivity index (χ4v) is 3.68. The molecule has 158 valence electrons. The molecule has 5 nitrogen and oxygen atoms in total. The Morgan fingerprint density at radius 3 is 1.57 bits per heavy atom. The molecule has 28 heavy (non-hydrogen) atoms. The number of aromatic nitrogens is 4. The van der Waals surface area contributed by atoms with Gasteiger partial charge in [0.05, 0.1) is 18.0 Å². The number of halogens is 4. The number of aryl methyl sites for hydroxylation is 2. The second-order valence-electron chi connectivity index (χ2n) is 7.11. The minimum atomic E-state index is -0.183. The smallest absolute Gasteiger partial charge is 0.103 e. The Morgan fingerprint density at radius 1 is 0.929 bits per heavy atom. The van der Waals surface area contributed by atoms with Crippen LogP contribution in [-0.2, 0) is 26.0 Å². The normalized spacial score (nSPS) is 16.6. The minimum Gasteiger partial charge on any atom is -0.390 e. The number of nitrogens with zero attached hydrogens (tertiary/aromatic N) is 4. The van der Waals surface area contributed by atoms with Gasteiger partial charge in [-0.2, -0.15) is 10.2 Å². The number of hydrogen-bond donors (Lipinski definition) is 1. The Bertz CT molecular complexity index is 668. The van der Waals surface area contributed by atoms with Crippen LogP contribution in [0.3, 0.4) is 0 Å². The molecule has 10 heteroatoms. The molecular formula is C18H27Br4N4OP. The van der Waals surface area contributed by atoms with E-state index in [0.29, 0.717) is 5.92 Å². The summed E-state index contributed by atoms with van der Waals surface area (Å²) in [6.07, 6.45) is 7.99. The number of hydrogen-bond acceptors (Lipinski definition) is 3. The molecule has 2 aromatic rings. The third-order valence-corrected chi connectivity index (χ3v) is 5.85. The Labute approximate surface area is 201 Å². The van der Waals surface area contributed by atoms with Crippen molar-refractivity contribution >= 4 is 66.4 Å². The van der Waals surface area contributed by atoms with Crippen molar-refractivity contribution in [2.24, 2.45) is 14.1 Å². The molecule has 2 heterocycles. The first kappa shape index (κ1) is 25.0. The zero-order valence-electron chi connectivity index (χ0n) is 16.2. The maximum absolute atomic E-state index is 8.87. The van der Waals surface area contributed by atoms with Crippen LogP contribution >= 0.6 is 66.4 Å². The Kier molecular flexibility index (Phi) is 11.2. The standard InChI is InChI=1S/C9H13BrN2.C9H14N2O.Br3P/c1-12-9(7-3-2-4-7)5-8(6-10)11-12;1-11-9(7-3-2-4-7)5-8(6-12)10-11;1-4(2)3/h5,7H,2-4,6H2,1H3;5,7,12H,2-4,6H2,1H3;. The topological polar surface area (TPSA) is 55.9 Å². The first-order valence-corrected chi connectivity index (χ1v) is 17.9. The highest BCUT2D eigenvalue weighted by molar-refractivity contribution is 9.93. The van der Waals surface area contributed by atoms with E-state index in [9.17, 15) is 0 Å². The van der Waals surface area contributed by atoms with E-state index < -0.39 is 0 Å². The van der Waals surface area contributed by atoms with Crippen molar-refractivity contribution < 1.29 is 5.11 Å². The van der Waals surface area contributed by atoms with E-state index in [2.05, 4.69) is 78.7 Å².